The summed E-state index contributed by atoms with van der Waals surface area (Å²) in [6.45, 7) is 1.99. The lowest BCUT2D eigenvalue weighted by Crippen LogP contribution is -2.41. The normalized spacial score (nSPS) is 14.5. The molecule has 10 heteroatoms. The molecule has 0 saturated carbocycles. The van der Waals surface area contributed by atoms with Crippen LogP contribution in [0.5, 0.6) is 0 Å². The van der Waals surface area contributed by atoms with Crippen LogP contribution in [0.2, 0.25) is 0 Å². The summed E-state index contributed by atoms with van der Waals surface area (Å²) in [6, 6.07) is 15.8. The smallest absolute Gasteiger partial charge is 0.315 e. The van der Waals surface area contributed by atoms with Crippen LogP contribution in [0, 0.1) is 0 Å². The number of carbonyl (C=O) groups is 2. The van der Waals surface area contributed by atoms with Gasteiger partial charge in [-0.15, -0.1) is 0 Å². The second kappa shape index (κ2) is 11.6. The van der Waals surface area contributed by atoms with Gasteiger partial charge in [-0.05, 0) is 17.2 Å². The minimum absolute atomic E-state index is 0.0805. The molecule has 9 nitrogen and oxygen atoms in total. The van der Waals surface area contributed by atoms with Crippen molar-refractivity contribution in [2.75, 3.05) is 32.8 Å². The number of nitrogens with zero attached hydrogens (tertiary/aromatic N) is 1. The molecular formula is C22H28N4O5S. The van der Waals surface area contributed by atoms with E-state index >= 15 is 0 Å². The minimum Gasteiger partial charge on any atom is -0.379 e. The predicted octanol–water partition coefficient (Wildman–Crippen LogP) is 1.21. The average molecular weight is 461 g/mol. The molecule has 0 radical (unpaired) electrons. The molecular weight excluding hydrogens is 432 g/mol. The van der Waals surface area contributed by atoms with E-state index in [2.05, 4.69) is 16.0 Å². The summed E-state index contributed by atoms with van der Waals surface area (Å²) < 4.78 is 32.6. The number of hydrogen-bond acceptors (Lipinski definition) is 5. The third-order valence-corrected chi connectivity index (χ3v) is 6.97. The Balaban J connectivity index is 1.44. The molecule has 1 aliphatic heterocycles. The second-order valence-electron chi connectivity index (χ2n) is 7.25. The van der Waals surface area contributed by atoms with Crippen LogP contribution in [0.4, 0.5) is 4.79 Å². The van der Waals surface area contributed by atoms with Gasteiger partial charge in [-0.3, -0.25) is 4.79 Å². The van der Waals surface area contributed by atoms with Crippen molar-refractivity contribution >= 4 is 22.0 Å². The molecule has 0 aromatic heterocycles. The number of nitrogens with one attached hydrogen (secondary N) is 3. The van der Waals surface area contributed by atoms with Crippen molar-refractivity contribution in [3.05, 3.63) is 65.7 Å². The van der Waals surface area contributed by atoms with E-state index in [4.69, 9.17) is 4.74 Å². The Bertz CT molecular complexity index is 1010. The predicted molar refractivity (Wildman–Crippen MR) is 119 cm³/mol. The summed E-state index contributed by atoms with van der Waals surface area (Å²) in [6.07, 6.45) is 0.0805. The molecule has 3 N–H and O–H groups in total. The lowest BCUT2D eigenvalue weighted by atomic mass is 10.2. The molecule has 3 rings (SSSR count). The fourth-order valence-electron chi connectivity index (χ4n) is 3.24. The van der Waals surface area contributed by atoms with Crippen molar-refractivity contribution in [3.63, 3.8) is 0 Å². The van der Waals surface area contributed by atoms with Gasteiger partial charge >= 0.3 is 6.03 Å². The van der Waals surface area contributed by atoms with E-state index in [1.807, 2.05) is 30.3 Å². The van der Waals surface area contributed by atoms with Gasteiger partial charge in [0.05, 0.1) is 18.1 Å². The first-order valence-corrected chi connectivity index (χ1v) is 11.9. The largest absolute Gasteiger partial charge is 0.379 e. The molecule has 1 fully saturated rings. The van der Waals surface area contributed by atoms with Crippen LogP contribution >= 0.6 is 0 Å². The Morgan fingerprint density at radius 1 is 0.875 bits per heavy atom. The highest BCUT2D eigenvalue weighted by molar-refractivity contribution is 7.89. The van der Waals surface area contributed by atoms with Crippen LogP contribution in [0.15, 0.2) is 59.5 Å². The number of benzene rings is 2. The zero-order valence-corrected chi connectivity index (χ0v) is 18.6. The topological polar surface area (TPSA) is 117 Å². The Morgan fingerprint density at radius 3 is 2.31 bits per heavy atom. The SMILES string of the molecule is O=C(CCNC(=O)NCc1ccccc1)NCc1ccccc1S(=O)(=O)N1CCOCC1. The van der Waals surface area contributed by atoms with Crippen molar-refractivity contribution < 1.29 is 22.7 Å². The van der Waals surface area contributed by atoms with Gasteiger partial charge in [0.15, 0.2) is 0 Å². The molecule has 0 spiro atoms. The van der Waals surface area contributed by atoms with Gasteiger partial charge in [0.1, 0.15) is 0 Å². The Hall–Kier alpha value is -2.95. The summed E-state index contributed by atoms with van der Waals surface area (Å²) in [5, 5.41) is 8.09. The number of sulfonamides is 1. The highest BCUT2D eigenvalue weighted by atomic mass is 32.2. The minimum atomic E-state index is -3.66. The number of amides is 3. The van der Waals surface area contributed by atoms with Gasteiger partial charge in [-0.2, -0.15) is 4.31 Å². The molecule has 172 valence electrons. The van der Waals surface area contributed by atoms with Crippen molar-refractivity contribution in [1.82, 2.24) is 20.3 Å². The molecule has 0 bridgehead atoms. The van der Waals surface area contributed by atoms with Gasteiger partial charge < -0.3 is 20.7 Å². The number of urea groups is 1. The molecule has 1 aliphatic rings. The van der Waals surface area contributed by atoms with Crippen molar-refractivity contribution in [3.8, 4) is 0 Å². The van der Waals surface area contributed by atoms with Crippen molar-refractivity contribution in [2.45, 2.75) is 24.4 Å². The van der Waals surface area contributed by atoms with Gasteiger partial charge in [0, 0.05) is 39.1 Å². The number of hydrogen-bond donors (Lipinski definition) is 3. The lowest BCUT2D eigenvalue weighted by molar-refractivity contribution is -0.121. The van der Waals surface area contributed by atoms with Crippen LogP contribution in [0.3, 0.4) is 0 Å². The van der Waals surface area contributed by atoms with Gasteiger partial charge in [-0.1, -0.05) is 48.5 Å². The quantitative estimate of drug-likeness (QED) is 0.520. The zero-order valence-electron chi connectivity index (χ0n) is 17.7. The van der Waals surface area contributed by atoms with E-state index in [0.29, 0.717) is 38.4 Å². The van der Waals surface area contributed by atoms with Crippen LogP contribution in [-0.2, 0) is 32.6 Å². The van der Waals surface area contributed by atoms with E-state index < -0.39 is 10.0 Å². The van der Waals surface area contributed by atoms with Gasteiger partial charge in [0.25, 0.3) is 0 Å². The summed E-state index contributed by atoms with van der Waals surface area (Å²) in [5.41, 5.74) is 1.49. The zero-order chi connectivity index (χ0) is 22.8. The molecule has 0 atom stereocenters. The third-order valence-electron chi connectivity index (χ3n) is 4.97. The van der Waals surface area contributed by atoms with E-state index in [9.17, 15) is 18.0 Å². The monoisotopic (exact) mass is 460 g/mol. The molecule has 0 unspecified atom stereocenters. The number of rotatable bonds is 9. The first kappa shape index (κ1) is 23.7. The molecule has 1 saturated heterocycles. The standard InChI is InChI=1S/C22H28N4O5S/c27-21(10-11-23-22(28)25-16-18-6-2-1-3-7-18)24-17-19-8-4-5-9-20(19)32(29,30)26-12-14-31-15-13-26/h1-9H,10-17H2,(H,24,27)(H2,23,25,28). The number of carbonyl (C=O) groups excluding carboxylic acids is 2. The first-order valence-electron chi connectivity index (χ1n) is 10.4. The Kier molecular flexibility index (Phi) is 8.60. The molecule has 2 aromatic carbocycles. The maximum Gasteiger partial charge on any atom is 0.315 e. The summed E-state index contributed by atoms with van der Waals surface area (Å²) >= 11 is 0. The number of morpholine rings is 1. The van der Waals surface area contributed by atoms with E-state index in [1.54, 1.807) is 24.3 Å². The van der Waals surface area contributed by atoms with Crippen LogP contribution in [0.1, 0.15) is 17.5 Å². The maximum absolute atomic E-state index is 13.0. The van der Waals surface area contributed by atoms with Crippen molar-refractivity contribution in [2.24, 2.45) is 0 Å². The molecule has 2 aromatic rings. The first-order chi connectivity index (χ1) is 15.5. The summed E-state index contributed by atoms with van der Waals surface area (Å²) in [5.74, 6) is -0.285. The van der Waals surface area contributed by atoms with Crippen LogP contribution < -0.4 is 16.0 Å². The highest BCUT2D eigenvalue weighted by Crippen LogP contribution is 2.21. The summed E-state index contributed by atoms with van der Waals surface area (Å²) in [7, 11) is -3.66. The molecule has 1 heterocycles. The Labute approximate surface area is 188 Å². The van der Waals surface area contributed by atoms with Crippen LogP contribution in [0.25, 0.3) is 0 Å². The Morgan fingerprint density at radius 2 is 1.56 bits per heavy atom. The molecule has 0 aliphatic carbocycles. The van der Waals surface area contributed by atoms with Crippen LogP contribution in [-0.4, -0.2) is 57.5 Å². The van der Waals surface area contributed by atoms with Gasteiger partial charge in [0.2, 0.25) is 15.9 Å². The average Bonchev–Trinajstić information content (AvgIpc) is 2.83. The number of ether oxygens (including phenoxy) is 1. The lowest BCUT2D eigenvalue weighted by Gasteiger charge is -2.27. The van der Waals surface area contributed by atoms with Crippen molar-refractivity contribution in [1.29, 1.82) is 0 Å². The molecule has 32 heavy (non-hydrogen) atoms. The van der Waals surface area contributed by atoms with Gasteiger partial charge in [-0.25, -0.2) is 13.2 Å². The summed E-state index contributed by atoms with van der Waals surface area (Å²) in [4.78, 5) is 24.2. The fraction of sp³-hybridized carbons (Fsp3) is 0.364. The molecule has 3 amide bonds. The fourth-order valence-corrected chi connectivity index (χ4v) is 4.87. The third kappa shape index (κ3) is 6.78. The van der Waals surface area contributed by atoms with E-state index in [0.717, 1.165) is 5.56 Å². The highest BCUT2D eigenvalue weighted by Gasteiger charge is 2.28. The maximum atomic E-state index is 13.0. The van der Waals surface area contributed by atoms with E-state index in [-0.39, 0.29) is 36.3 Å². The second-order valence-corrected chi connectivity index (χ2v) is 9.15. The van der Waals surface area contributed by atoms with E-state index in [1.165, 1.54) is 4.31 Å².